The molecule has 3 rings (SSSR count). The molecule has 0 aliphatic carbocycles. The molecule has 0 fully saturated rings. The van der Waals surface area contributed by atoms with Gasteiger partial charge in [-0.1, -0.05) is 55.8 Å². The molecule has 0 unspecified atom stereocenters. The zero-order valence-corrected chi connectivity index (χ0v) is 14.3. The van der Waals surface area contributed by atoms with Gasteiger partial charge in [-0.25, -0.2) is 8.42 Å². The van der Waals surface area contributed by atoms with E-state index < -0.39 is 9.84 Å². The Hall–Kier alpha value is -1.16. The van der Waals surface area contributed by atoms with Crippen LogP contribution >= 0.6 is 0 Å². The van der Waals surface area contributed by atoms with Crippen molar-refractivity contribution in [3.05, 3.63) is 71.1 Å². The van der Waals surface area contributed by atoms with Crippen molar-refractivity contribution in [1.82, 2.24) is 0 Å². The van der Waals surface area contributed by atoms with Crippen LogP contribution in [-0.4, -0.2) is 8.42 Å². The molecule has 4 heteroatoms. The summed E-state index contributed by atoms with van der Waals surface area (Å²) >= 11 is 0. The summed E-state index contributed by atoms with van der Waals surface area (Å²) in [4.78, 5) is 0.458. The third-order valence-corrected chi connectivity index (χ3v) is 5.46. The second-order valence-electron chi connectivity index (χ2n) is 5.48. The Kier molecular flexibility index (Phi) is 4.57. The standard InChI is InChI=1S/C17H17O2S.V/c1-12(2)17-14-8-4-3-7-13(14)11-20(18,19)16-10-6-5-9-15(16)17;/h3-10,12H,11H2,1-2H3;/q-1;. The molecule has 0 N–H and O–H groups in total. The summed E-state index contributed by atoms with van der Waals surface area (Å²) < 4.78 is 25.2. The van der Waals surface area contributed by atoms with Gasteiger partial charge in [0.2, 0.25) is 0 Å². The van der Waals surface area contributed by atoms with Gasteiger partial charge in [0, 0.05) is 29.2 Å². The van der Waals surface area contributed by atoms with Crippen molar-refractivity contribution < 1.29 is 27.0 Å². The molecule has 0 amide bonds. The predicted octanol–water partition coefficient (Wildman–Crippen LogP) is 3.60. The van der Waals surface area contributed by atoms with E-state index in [0.717, 1.165) is 22.6 Å². The van der Waals surface area contributed by atoms with Crippen LogP contribution in [-0.2, 0) is 34.1 Å². The number of fused-ring (bicyclic) bond motifs is 2. The molecule has 1 aliphatic heterocycles. The van der Waals surface area contributed by atoms with E-state index >= 15 is 0 Å². The molecule has 0 bridgehead atoms. The van der Waals surface area contributed by atoms with Crippen LogP contribution in [0.4, 0.5) is 0 Å². The van der Waals surface area contributed by atoms with Crippen LogP contribution < -0.4 is 0 Å². The van der Waals surface area contributed by atoms with E-state index in [4.69, 9.17) is 0 Å². The maximum atomic E-state index is 12.6. The van der Waals surface area contributed by atoms with Gasteiger partial charge in [0.05, 0.1) is 0 Å². The molecule has 2 aromatic carbocycles. The van der Waals surface area contributed by atoms with Crippen LogP contribution in [0.15, 0.2) is 53.4 Å². The molecule has 109 valence electrons. The fourth-order valence-corrected chi connectivity index (χ4v) is 4.53. The van der Waals surface area contributed by atoms with Crippen molar-refractivity contribution in [3.8, 4) is 0 Å². The van der Waals surface area contributed by atoms with Gasteiger partial charge < -0.3 is 0 Å². The number of benzene rings is 2. The topological polar surface area (TPSA) is 34.1 Å². The third kappa shape index (κ3) is 2.78. The van der Waals surface area contributed by atoms with Crippen molar-refractivity contribution in [2.24, 2.45) is 5.92 Å². The van der Waals surface area contributed by atoms with Gasteiger partial charge in [0.15, 0.2) is 0 Å². The molecule has 2 aromatic rings. The largest absolute Gasteiger partial charge is 0.232 e. The van der Waals surface area contributed by atoms with Crippen molar-refractivity contribution in [3.63, 3.8) is 0 Å². The van der Waals surface area contributed by atoms with E-state index in [9.17, 15) is 8.42 Å². The first-order valence-corrected chi connectivity index (χ1v) is 8.43. The Morgan fingerprint density at radius 3 is 2.19 bits per heavy atom. The molecule has 0 saturated carbocycles. The van der Waals surface area contributed by atoms with Crippen LogP contribution in [0.25, 0.3) is 0 Å². The van der Waals surface area contributed by atoms with E-state index in [2.05, 4.69) is 13.8 Å². The van der Waals surface area contributed by atoms with Gasteiger partial charge in [-0.05, 0) is 5.92 Å². The smallest absolute Gasteiger partial charge is 0.149 e. The molecule has 0 aromatic heterocycles. The van der Waals surface area contributed by atoms with Crippen LogP contribution in [0.2, 0.25) is 0 Å². The minimum absolute atomic E-state index is 0. The number of rotatable bonds is 1. The van der Waals surface area contributed by atoms with Crippen molar-refractivity contribution >= 4 is 9.84 Å². The predicted molar refractivity (Wildman–Crippen MR) is 80.1 cm³/mol. The summed E-state index contributed by atoms with van der Waals surface area (Å²) in [7, 11) is -3.28. The third-order valence-electron chi connectivity index (χ3n) is 3.74. The summed E-state index contributed by atoms with van der Waals surface area (Å²) in [5.74, 6) is 1.47. The molecule has 1 radical (unpaired) electrons. The number of hydrogen-bond donors (Lipinski definition) is 0. The van der Waals surface area contributed by atoms with Crippen molar-refractivity contribution in [1.29, 1.82) is 0 Å². The Labute approximate surface area is 138 Å². The van der Waals surface area contributed by atoms with Crippen LogP contribution in [0.3, 0.4) is 0 Å². The van der Waals surface area contributed by atoms with Gasteiger partial charge in [0.25, 0.3) is 0 Å². The zero-order chi connectivity index (χ0) is 14.3. The minimum Gasteiger partial charge on any atom is -0.232 e. The first-order valence-electron chi connectivity index (χ1n) is 6.78. The molecular formula is C17H17O2SV-. The molecule has 1 aliphatic rings. The molecule has 2 nitrogen and oxygen atoms in total. The van der Waals surface area contributed by atoms with Gasteiger partial charge in [-0.3, -0.25) is 0 Å². The van der Waals surface area contributed by atoms with Crippen molar-refractivity contribution in [2.45, 2.75) is 24.5 Å². The van der Waals surface area contributed by atoms with Gasteiger partial charge in [0.1, 0.15) is 9.84 Å². The van der Waals surface area contributed by atoms with E-state index in [-0.39, 0.29) is 30.2 Å². The average Bonchev–Trinajstić information content (AvgIpc) is 2.50. The molecule has 0 atom stereocenters. The summed E-state index contributed by atoms with van der Waals surface area (Å²) in [5, 5.41) is 0. The van der Waals surface area contributed by atoms with Gasteiger partial charge in [-0.15, -0.1) is 29.2 Å². The molecule has 0 spiro atoms. The molecule has 0 saturated heterocycles. The molecular weight excluding hydrogens is 319 g/mol. The first kappa shape index (κ1) is 16.2. The SMILES string of the molecule is CC(C)[C-]1c2ccccc2CS(=O)(=O)c2ccccc21.[V]. The van der Waals surface area contributed by atoms with E-state index in [0.29, 0.717) is 4.90 Å². The van der Waals surface area contributed by atoms with Crippen molar-refractivity contribution in [2.75, 3.05) is 0 Å². The quantitative estimate of drug-likeness (QED) is 0.746. The Bertz CT molecular complexity index is 751. The summed E-state index contributed by atoms with van der Waals surface area (Å²) in [6.07, 6.45) is 0. The second-order valence-corrected chi connectivity index (χ2v) is 7.44. The number of hydrogen-bond acceptors (Lipinski definition) is 2. The fourth-order valence-electron chi connectivity index (χ4n) is 2.92. The maximum Gasteiger partial charge on any atom is 0.149 e. The van der Waals surface area contributed by atoms with Crippen LogP contribution in [0, 0.1) is 11.8 Å². The first-order chi connectivity index (χ1) is 9.50. The monoisotopic (exact) mass is 336 g/mol. The molecule has 1 heterocycles. The van der Waals surface area contributed by atoms with E-state index in [1.807, 2.05) is 36.4 Å². The van der Waals surface area contributed by atoms with E-state index in [1.165, 1.54) is 0 Å². The Morgan fingerprint density at radius 2 is 1.52 bits per heavy atom. The van der Waals surface area contributed by atoms with Crippen LogP contribution in [0.5, 0.6) is 0 Å². The molecule has 21 heavy (non-hydrogen) atoms. The zero-order valence-electron chi connectivity index (χ0n) is 12.1. The minimum atomic E-state index is -3.28. The van der Waals surface area contributed by atoms with Gasteiger partial charge in [-0.2, -0.15) is 0 Å². The number of sulfone groups is 1. The Morgan fingerprint density at radius 1 is 0.952 bits per heavy atom. The normalized spacial score (nSPS) is 15.7. The summed E-state index contributed by atoms with van der Waals surface area (Å²) in [5.41, 5.74) is 2.82. The summed E-state index contributed by atoms with van der Waals surface area (Å²) in [6.45, 7) is 4.22. The second kappa shape index (κ2) is 5.92. The van der Waals surface area contributed by atoms with Gasteiger partial charge >= 0.3 is 0 Å². The Balaban J connectivity index is 0.00000161. The fraction of sp³-hybridized carbons (Fsp3) is 0.235. The van der Waals surface area contributed by atoms with E-state index in [1.54, 1.807) is 12.1 Å². The maximum absolute atomic E-state index is 12.6. The summed E-state index contributed by atoms with van der Waals surface area (Å²) in [6, 6.07) is 15.2. The van der Waals surface area contributed by atoms with Crippen LogP contribution in [0.1, 0.15) is 30.5 Å². The average molecular weight is 336 g/mol.